The first-order valence-electron chi connectivity index (χ1n) is 8.65. The summed E-state index contributed by atoms with van der Waals surface area (Å²) in [5.41, 5.74) is 0.696. The summed E-state index contributed by atoms with van der Waals surface area (Å²) in [4.78, 5) is 0.0447. The third kappa shape index (κ3) is 2.84. The zero-order valence-electron chi connectivity index (χ0n) is 14.7. The molecule has 0 radical (unpaired) electrons. The summed E-state index contributed by atoms with van der Waals surface area (Å²) in [7, 11) is -8.28. The lowest BCUT2D eigenvalue weighted by Gasteiger charge is -2.20. The third-order valence-electron chi connectivity index (χ3n) is 5.15. The Balaban J connectivity index is 1.93. The smallest absolute Gasteiger partial charge is 0.199 e. The van der Waals surface area contributed by atoms with Gasteiger partial charge in [-0.1, -0.05) is 64.5 Å². The third-order valence-corrected chi connectivity index (χ3v) is 11.5. The lowest BCUT2D eigenvalue weighted by molar-refractivity contribution is 0.570. The SMILES string of the molecule is O=S(=O)(c1ccccc1)C1(S(=O)(=O)c2ccccc2)CC1c1ccc(Br)cc1. The molecule has 0 aromatic heterocycles. The van der Waals surface area contributed by atoms with E-state index in [0.29, 0.717) is 5.56 Å². The quantitative estimate of drug-likeness (QED) is 0.540. The minimum absolute atomic E-state index is 0.0223. The Hall–Kier alpha value is -1.96. The standard InChI is InChI=1S/C21H17BrO4S2/c22-17-13-11-16(12-14-17)20-15-21(20,27(23,24)18-7-3-1-4-8-18)28(25,26)19-9-5-2-6-10-19/h1-14,20H,15H2. The average Bonchev–Trinajstić information content (AvgIpc) is 3.48. The van der Waals surface area contributed by atoms with Gasteiger partial charge in [-0.05, 0) is 48.4 Å². The molecule has 0 N–H and O–H groups in total. The predicted molar refractivity (Wildman–Crippen MR) is 111 cm³/mol. The van der Waals surface area contributed by atoms with Crippen molar-refractivity contribution in [3.63, 3.8) is 0 Å². The molecule has 3 aromatic rings. The topological polar surface area (TPSA) is 68.3 Å². The molecule has 0 bridgehead atoms. The summed E-state index contributed by atoms with van der Waals surface area (Å²) >= 11 is 3.36. The van der Waals surface area contributed by atoms with Crippen LogP contribution < -0.4 is 0 Å². The summed E-state index contributed by atoms with van der Waals surface area (Å²) in [6, 6.07) is 22.8. The predicted octanol–water partition coefficient (Wildman–Crippen LogP) is 4.58. The molecule has 3 aromatic carbocycles. The van der Waals surface area contributed by atoms with Gasteiger partial charge in [-0.15, -0.1) is 0 Å². The van der Waals surface area contributed by atoms with Gasteiger partial charge >= 0.3 is 0 Å². The van der Waals surface area contributed by atoms with Crippen LogP contribution in [0.5, 0.6) is 0 Å². The van der Waals surface area contributed by atoms with Gasteiger partial charge in [0.2, 0.25) is 0 Å². The Morgan fingerprint density at radius 3 is 1.54 bits per heavy atom. The van der Waals surface area contributed by atoms with Crippen LogP contribution in [-0.2, 0) is 19.7 Å². The van der Waals surface area contributed by atoms with Crippen LogP contribution in [0.4, 0.5) is 0 Å². The minimum Gasteiger partial charge on any atom is -0.222 e. The Morgan fingerprint density at radius 1 is 0.679 bits per heavy atom. The molecule has 4 nitrogen and oxygen atoms in total. The van der Waals surface area contributed by atoms with Crippen LogP contribution in [0, 0.1) is 0 Å². The van der Waals surface area contributed by atoms with Crippen molar-refractivity contribution in [2.75, 3.05) is 0 Å². The van der Waals surface area contributed by atoms with Gasteiger partial charge in [-0.25, -0.2) is 16.8 Å². The van der Waals surface area contributed by atoms with Crippen molar-refractivity contribution in [1.29, 1.82) is 0 Å². The molecule has 4 rings (SSSR count). The Morgan fingerprint density at radius 2 is 1.11 bits per heavy atom. The normalized spacial score (nSPS) is 18.5. The fourth-order valence-corrected chi connectivity index (χ4v) is 9.25. The fraction of sp³-hybridized carbons (Fsp3) is 0.143. The summed E-state index contributed by atoms with van der Waals surface area (Å²) in [6.45, 7) is 0. The molecule has 0 spiro atoms. The molecule has 0 saturated heterocycles. The molecule has 1 aliphatic carbocycles. The van der Waals surface area contributed by atoms with Gasteiger partial charge in [0.25, 0.3) is 0 Å². The van der Waals surface area contributed by atoms with Gasteiger partial charge in [0.15, 0.2) is 23.8 Å². The van der Waals surface area contributed by atoms with Crippen molar-refractivity contribution in [1.82, 2.24) is 0 Å². The molecule has 0 aliphatic heterocycles. The number of hydrogen-bond acceptors (Lipinski definition) is 4. The van der Waals surface area contributed by atoms with Gasteiger partial charge in [-0.2, -0.15) is 0 Å². The van der Waals surface area contributed by atoms with Crippen LogP contribution >= 0.6 is 15.9 Å². The van der Waals surface area contributed by atoms with E-state index in [1.165, 1.54) is 24.3 Å². The molecule has 0 heterocycles. The zero-order chi connectivity index (χ0) is 20.0. The molecule has 1 unspecified atom stereocenters. The second-order valence-electron chi connectivity index (χ2n) is 6.75. The van der Waals surface area contributed by atoms with Crippen molar-refractivity contribution in [3.8, 4) is 0 Å². The second-order valence-corrected chi connectivity index (χ2v) is 12.3. The molecule has 1 saturated carbocycles. The molecule has 0 amide bonds. The largest absolute Gasteiger partial charge is 0.222 e. The maximum absolute atomic E-state index is 13.6. The number of sulfone groups is 2. The highest BCUT2D eigenvalue weighted by molar-refractivity contribution is 9.10. The van der Waals surface area contributed by atoms with Gasteiger partial charge < -0.3 is 0 Å². The minimum atomic E-state index is -4.14. The van der Waals surface area contributed by atoms with Crippen molar-refractivity contribution in [2.24, 2.45) is 0 Å². The number of benzene rings is 3. The van der Waals surface area contributed by atoms with E-state index in [1.807, 2.05) is 0 Å². The van der Waals surface area contributed by atoms with Gasteiger partial charge in [0.1, 0.15) is 0 Å². The van der Waals surface area contributed by atoms with Gasteiger partial charge in [0, 0.05) is 10.4 Å². The zero-order valence-corrected chi connectivity index (χ0v) is 17.9. The molecule has 1 atom stereocenters. The van der Waals surface area contributed by atoms with E-state index in [1.54, 1.807) is 60.7 Å². The second kappa shape index (κ2) is 6.83. The van der Waals surface area contributed by atoms with Crippen LogP contribution in [-0.4, -0.2) is 20.9 Å². The Kier molecular flexibility index (Phi) is 4.72. The number of rotatable bonds is 5. The summed E-state index contributed by atoms with van der Waals surface area (Å²) in [5, 5.41) is 0. The Labute approximate surface area is 173 Å². The van der Waals surface area contributed by atoms with Crippen LogP contribution in [0.15, 0.2) is 99.2 Å². The lowest BCUT2D eigenvalue weighted by Crippen LogP contribution is -2.35. The summed E-state index contributed by atoms with van der Waals surface area (Å²) in [6.07, 6.45) is 0.0308. The molecule has 1 aliphatic rings. The Bertz CT molecular complexity index is 1130. The van der Waals surface area contributed by atoms with E-state index in [-0.39, 0.29) is 16.2 Å². The van der Waals surface area contributed by atoms with Crippen LogP contribution in [0.2, 0.25) is 0 Å². The van der Waals surface area contributed by atoms with Crippen LogP contribution in [0.1, 0.15) is 17.9 Å². The van der Waals surface area contributed by atoms with E-state index in [9.17, 15) is 16.8 Å². The molecule has 144 valence electrons. The van der Waals surface area contributed by atoms with Crippen molar-refractivity contribution >= 4 is 35.6 Å². The molecule has 7 heteroatoms. The van der Waals surface area contributed by atoms with Gasteiger partial charge in [0.05, 0.1) is 9.79 Å². The number of hydrogen-bond donors (Lipinski definition) is 0. The highest BCUT2D eigenvalue weighted by Crippen LogP contribution is 2.63. The average molecular weight is 477 g/mol. The van der Waals surface area contributed by atoms with Gasteiger partial charge in [-0.3, -0.25) is 0 Å². The molecule has 1 fully saturated rings. The van der Waals surface area contributed by atoms with E-state index >= 15 is 0 Å². The first-order valence-corrected chi connectivity index (χ1v) is 12.4. The van der Waals surface area contributed by atoms with Crippen LogP contribution in [0.25, 0.3) is 0 Å². The first-order chi connectivity index (χ1) is 13.3. The summed E-state index contributed by atoms with van der Waals surface area (Å²) in [5.74, 6) is -0.629. The van der Waals surface area contributed by atoms with E-state index < -0.39 is 29.7 Å². The molecular weight excluding hydrogens is 460 g/mol. The van der Waals surface area contributed by atoms with E-state index in [0.717, 1.165) is 4.47 Å². The van der Waals surface area contributed by atoms with Crippen molar-refractivity contribution in [3.05, 3.63) is 95.0 Å². The van der Waals surface area contributed by atoms with Crippen molar-refractivity contribution < 1.29 is 16.8 Å². The monoisotopic (exact) mass is 476 g/mol. The van der Waals surface area contributed by atoms with E-state index in [4.69, 9.17) is 0 Å². The first kappa shape index (κ1) is 19.4. The fourth-order valence-electron chi connectivity index (χ4n) is 3.63. The maximum Gasteiger partial charge on any atom is 0.199 e. The molecular formula is C21H17BrO4S2. The van der Waals surface area contributed by atoms with Crippen LogP contribution in [0.3, 0.4) is 0 Å². The lowest BCUT2D eigenvalue weighted by atomic mass is 10.1. The highest BCUT2D eigenvalue weighted by atomic mass is 79.9. The number of halogens is 1. The maximum atomic E-state index is 13.6. The summed E-state index contributed by atoms with van der Waals surface area (Å²) < 4.78 is 53.3. The highest BCUT2D eigenvalue weighted by Gasteiger charge is 2.73. The molecule has 28 heavy (non-hydrogen) atoms. The van der Waals surface area contributed by atoms with E-state index in [2.05, 4.69) is 15.9 Å². The van der Waals surface area contributed by atoms with Crippen molar-refractivity contribution in [2.45, 2.75) is 26.2 Å².